The topological polar surface area (TPSA) is 34.1 Å². The van der Waals surface area contributed by atoms with Gasteiger partial charge >= 0.3 is 0 Å². The second kappa shape index (κ2) is 5.28. The lowest BCUT2D eigenvalue weighted by atomic mass is 9.96. The van der Waals surface area contributed by atoms with Gasteiger partial charge in [0.05, 0.1) is 4.32 Å². The summed E-state index contributed by atoms with van der Waals surface area (Å²) in [6.45, 7) is 3.03. The average molecular weight is 369 g/mol. The molecule has 14 heavy (non-hydrogen) atoms. The maximum Gasteiger partial charge on any atom is 0.221 e. The minimum atomic E-state index is -1.32. The number of rotatable bonds is 5. The molecule has 0 fully saturated rings. The van der Waals surface area contributed by atoms with Gasteiger partial charge in [0.1, 0.15) is 4.87 Å². The molecular formula is C8H10Br2Cl2O2. The molecule has 0 N–H and O–H groups in total. The number of halogens is 4. The van der Waals surface area contributed by atoms with Crippen molar-refractivity contribution < 1.29 is 9.59 Å². The highest BCUT2D eigenvalue weighted by Gasteiger charge is 2.42. The van der Waals surface area contributed by atoms with Crippen molar-refractivity contribution in [3.05, 3.63) is 0 Å². The van der Waals surface area contributed by atoms with Gasteiger partial charge in [-0.15, -0.1) is 23.2 Å². The highest BCUT2D eigenvalue weighted by molar-refractivity contribution is 9.12. The number of alkyl halides is 4. The van der Waals surface area contributed by atoms with E-state index in [4.69, 9.17) is 23.2 Å². The number of hydrogen-bond acceptors (Lipinski definition) is 2. The summed E-state index contributed by atoms with van der Waals surface area (Å²) in [5.74, 6) is -1.34. The predicted octanol–water partition coefficient (Wildman–Crippen LogP) is 2.91. The summed E-state index contributed by atoms with van der Waals surface area (Å²) in [7, 11) is 0. The summed E-state index contributed by atoms with van der Waals surface area (Å²) >= 11 is 17.6. The molecule has 0 bridgehead atoms. The lowest BCUT2D eigenvalue weighted by Gasteiger charge is -2.22. The molecule has 0 aromatic carbocycles. The second-order valence-electron chi connectivity index (χ2n) is 3.32. The Bertz CT molecular complexity index is 226. The third kappa shape index (κ3) is 3.47. The van der Waals surface area contributed by atoms with E-state index in [0.717, 1.165) is 0 Å². The number of Topliss-reactive ketones (excluding diaryl/α,β-unsaturated/α-hetero) is 2. The van der Waals surface area contributed by atoms with Gasteiger partial charge in [0.15, 0.2) is 0 Å². The van der Waals surface area contributed by atoms with Gasteiger partial charge in [-0.1, -0.05) is 31.9 Å². The number of carbonyl (C=O) groups excluding carboxylic acids is 2. The monoisotopic (exact) mass is 366 g/mol. The molecule has 0 saturated heterocycles. The fraction of sp³-hybridized carbons (Fsp3) is 0.750. The number of ketones is 2. The minimum Gasteiger partial charge on any atom is -0.289 e. The Morgan fingerprint density at radius 1 is 1.29 bits per heavy atom. The van der Waals surface area contributed by atoms with Crippen LogP contribution in [0.1, 0.15) is 13.8 Å². The lowest BCUT2D eigenvalue weighted by Crippen LogP contribution is -2.45. The molecule has 2 unspecified atom stereocenters. The smallest absolute Gasteiger partial charge is 0.221 e. The first-order valence-corrected chi connectivity index (χ1v) is 6.60. The van der Waals surface area contributed by atoms with E-state index in [2.05, 4.69) is 31.9 Å². The van der Waals surface area contributed by atoms with Gasteiger partial charge in [0.25, 0.3) is 0 Å². The lowest BCUT2D eigenvalue weighted by molar-refractivity contribution is -0.138. The first-order chi connectivity index (χ1) is 6.19. The van der Waals surface area contributed by atoms with Crippen LogP contribution in [-0.4, -0.2) is 32.0 Å². The fourth-order valence-electron chi connectivity index (χ4n) is 0.595. The van der Waals surface area contributed by atoms with Crippen molar-refractivity contribution in [1.29, 1.82) is 0 Å². The fourth-order valence-corrected chi connectivity index (χ4v) is 1.24. The third-order valence-electron chi connectivity index (χ3n) is 1.66. The molecule has 2 nitrogen and oxygen atoms in total. The zero-order valence-corrected chi connectivity index (χ0v) is 12.4. The maximum atomic E-state index is 11.6. The van der Waals surface area contributed by atoms with Crippen molar-refractivity contribution in [2.24, 2.45) is 0 Å². The molecule has 0 amide bonds. The molecule has 0 aliphatic heterocycles. The van der Waals surface area contributed by atoms with Crippen LogP contribution in [0.25, 0.3) is 0 Å². The Labute approximate surface area is 110 Å². The van der Waals surface area contributed by atoms with Crippen molar-refractivity contribution in [2.75, 3.05) is 11.2 Å². The molecule has 0 spiro atoms. The normalized spacial score (nSPS) is 19.6. The molecule has 0 aliphatic carbocycles. The van der Waals surface area contributed by atoms with E-state index < -0.39 is 20.8 Å². The average Bonchev–Trinajstić information content (AvgIpc) is 2.15. The Hall–Kier alpha value is 0.880. The SMILES string of the molecule is CC(Cl)(CCl)C(=O)C(=O)C(C)(Br)CBr. The summed E-state index contributed by atoms with van der Waals surface area (Å²) in [6.07, 6.45) is 0. The Kier molecular flexibility index (Phi) is 5.61. The third-order valence-corrected chi connectivity index (χ3v) is 5.15. The molecular weight excluding hydrogens is 359 g/mol. The quantitative estimate of drug-likeness (QED) is 0.552. The number of hydrogen-bond donors (Lipinski definition) is 0. The molecule has 0 rings (SSSR count). The molecule has 82 valence electrons. The summed E-state index contributed by atoms with van der Waals surface area (Å²) < 4.78 is -0.924. The van der Waals surface area contributed by atoms with Gasteiger partial charge in [0, 0.05) is 11.2 Å². The first-order valence-electron chi connectivity index (χ1n) is 3.78. The van der Waals surface area contributed by atoms with E-state index in [1.807, 2.05) is 0 Å². The van der Waals surface area contributed by atoms with Crippen LogP contribution in [0, 0.1) is 0 Å². The maximum absolute atomic E-state index is 11.6. The van der Waals surface area contributed by atoms with Gasteiger partial charge in [-0.05, 0) is 13.8 Å². The van der Waals surface area contributed by atoms with E-state index in [-0.39, 0.29) is 5.88 Å². The standard InChI is InChI=1S/C8H10Br2Cl2O2/c1-7(10,3-9)5(13)6(14)8(2,12)4-11/h3-4H2,1-2H3. The Balaban J connectivity index is 4.82. The molecule has 0 aromatic rings. The van der Waals surface area contributed by atoms with Gasteiger partial charge in [-0.25, -0.2) is 0 Å². The summed E-state index contributed by atoms with van der Waals surface area (Å²) in [5, 5.41) is 0.333. The van der Waals surface area contributed by atoms with Crippen LogP contribution in [-0.2, 0) is 9.59 Å². The van der Waals surface area contributed by atoms with Crippen LogP contribution in [0.4, 0.5) is 0 Å². The molecule has 2 atom stereocenters. The molecule has 0 saturated carbocycles. The second-order valence-corrected chi connectivity index (χ2v) is 6.73. The van der Waals surface area contributed by atoms with Crippen LogP contribution in [0.3, 0.4) is 0 Å². The van der Waals surface area contributed by atoms with Gasteiger partial charge < -0.3 is 0 Å². The van der Waals surface area contributed by atoms with Crippen LogP contribution in [0.2, 0.25) is 0 Å². The summed E-state index contributed by atoms with van der Waals surface area (Å²) in [6, 6.07) is 0. The van der Waals surface area contributed by atoms with E-state index in [1.165, 1.54) is 6.92 Å². The highest BCUT2D eigenvalue weighted by atomic mass is 79.9. The molecule has 6 heteroatoms. The number of carbonyl (C=O) groups is 2. The van der Waals surface area contributed by atoms with E-state index in [1.54, 1.807) is 6.92 Å². The molecule has 0 heterocycles. The first kappa shape index (κ1) is 14.9. The van der Waals surface area contributed by atoms with Crippen molar-refractivity contribution >= 4 is 66.6 Å². The predicted molar refractivity (Wildman–Crippen MR) is 66.1 cm³/mol. The van der Waals surface area contributed by atoms with E-state index >= 15 is 0 Å². The Morgan fingerprint density at radius 3 is 2.00 bits per heavy atom. The summed E-state index contributed by atoms with van der Waals surface area (Å²) in [5.41, 5.74) is 0. The van der Waals surface area contributed by atoms with Gasteiger partial charge in [-0.2, -0.15) is 0 Å². The molecule has 0 aromatic heterocycles. The zero-order chi connectivity index (χ0) is 11.6. The van der Waals surface area contributed by atoms with Crippen LogP contribution in [0.5, 0.6) is 0 Å². The Morgan fingerprint density at radius 2 is 1.71 bits per heavy atom. The van der Waals surface area contributed by atoms with Crippen LogP contribution < -0.4 is 0 Å². The highest BCUT2D eigenvalue weighted by Crippen LogP contribution is 2.27. The van der Waals surface area contributed by atoms with Gasteiger partial charge in [-0.3, -0.25) is 9.59 Å². The van der Waals surface area contributed by atoms with Crippen molar-refractivity contribution in [1.82, 2.24) is 0 Å². The van der Waals surface area contributed by atoms with Crippen LogP contribution >= 0.6 is 55.1 Å². The summed E-state index contributed by atoms with van der Waals surface area (Å²) in [4.78, 5) is 21.9. The van der Waals surface area contributed by atoms with Crippen molar-refractivity contribution in [3.63, 3.8) is 0 Å². The largest absolute Gasteiger partial charge is 0.289 e. The van der Waals surface area contributed by atoms with Crippen molar-refractivity contribution in [2.45, 2.75) is 23.0 Å². The van der Waals surface area contributed by atoms with E-state index in [0.29, 0.717) is 5.33 Å². The zero-order valence-electron chi connectivity index (χ0n) is 7.74. The van der Waals surface area contributed by atoms with Gasteiger partial charge in [0.2, 0.25) is 11.6 Å². The molecule has 0 aliphatic rings. The molecule has 0 radical (unpaired) electrons. The van der Waals surface area contributed by atoms with Crippen LogP contribution in [0.15, 0.2) is 0 Å². The van der Waals surface area contributed by atoms with Crippen molar-refractivity contribution in [3.8, 4) is 0 Å². The van der Waals surface area contributed by atoms with E-state index in [9.17, 15) is 9.59 Å². The minimum absolute atomic E-state index is 0.0928.